The molecule has 1 spiro atoms. The first-order valence-corrected chi connectivity index (χ1v) is 21.2. The van der Waals surface area contributed by atoms with Crippen LogP contribution in [0.3, 0.4) is 0 Å². The smallest absolute Gasteiger partial charge is 0.269 e. The highest BCUT2D eigenvalue weighted by atomic mass is 28.4. The third kappa shape index (κ3) is 6.18. The van der Waals surface area contributed by atoms with E-state index in [2.05, 4.69) is 10.3 Å². The van der Waals surface area contributed by atoms with E-state index < -0.39 is 36.4 Å². The van der Waals surface area contributed by atoms with Gasteiger partial charge in [-0.15, -0.1) is 5.10 Å². The zero-order chi connectivity index (χ0) is 38.6. The van der Waals surface area contributed by atoms with E-state index in [1.165, 1.54) is 12.1 Å². The van der Waals surface area contributed by atoms with E-state index in [4.69, 9.17) is 9.47 Å². The molecule has 1 fully saturated rings. The summed E-state index contributed by atoms with van der Waals surface area (Å²) in [6.07, 6.45) is 1.96. The van der Waals surface area contributed by atoms with Crippen LogP contribution in [0.2, 0.25) is 18.6 Å². The molecule has 15 heteroatoms. The number of fused-ring (bicyclic) bond motifs is 4. The molecule has 4 atom stereocenters. The van der Waals surface area contributed by atoms with Crippen molar-refractivity contribution in [3.05, 3.63) is 130 Å². The second kappa shape index (κ2) is 13.8. The first kappa shape index (κ1) is 36.2. The molecule has 4 heterocycles. The number of para-hydroxylation sites is 3. The molecule has 4 aromatic carbocycles. The lowest BCUT2D eigenvalue weighted by Crippen LogP contribution is -2.46. The van der Waals surface area contributed by atoms with Crippen molar-refractivity contribution in [1.82, 2.24) is 15.0 Å². The number of anilines is 3. The van der Waals surface area contributed by atoms with Gasteiger partial charge in [0, 0.05) is 60.6 Å². The van der Waals surface area contributed by atoms with Gasteiger partial charge in [0.05, 0.1) is 40.2 Å². The number of hydrogen-bond acceptors (Lipinski definition) is 10. The topological polar surface area (TPSA) is 173 Å². The lowest BCUT2D eigenvalue weighted by atomic mass is 9.82. The predicted molar refractivity (Wildman–Crippen MR) is 205 cm³/mol. The van der Waals surface area contributed by atoms with E-state index in [0.29, 0.717) is 64.8 Å². The summed E-state index contributed by atoms with van der Waals surface area (Å²) in [4.78, 5) is 55.4. The Bertz CT molecular complexity index is 2310. The Morgan fingerprint density at radius 2 is 1.69 bits per heavy atom. The van der Waals surface area contributed by atoms with Crippen LogP contribution in [-0.2, 0) is 34.6 Å². The molecule has 1 saturated heterocycles. The molecule has 5 aromatic rings. The Morgan fingerprint density at radius 1 is 0.964 bits per heavy atom. The van der Waals surface area contributed by atoms with E-state index in [9.17, 15) is 29.6 Å². The fraction of sp³-hybridized carbons (Fsp3) is 0.300. The van der Waals surface area contributed by atoms with E-state index >= 15 is 0 Å². The molecule has 14 nitrogen and oxygen atoms in total. The lowest BCUT2D eigenvalue weighted by Gasteiger charge is -2.32. The molecule has 3 aliphatic rings. The van der Waals surface area contributed by atoms with Gasteiger partial charge in [-0.05, 0) is 67.5 Å². The Hall–Kier alpha value is -5.74. The standard InChI is InChI=1S/C40H40N6O8Si/c1-25-37(55(2,3)52)36(18-20-43-24-27(19-21-47)41-42-43)54-40(25)31-22-29(46(50)51)16-17-32(31)44(39(40)49)23-26-12-14-28(15-13-26)45-33-9-5-7-11-35(33)53-34-10-6-4-8-30(34)38(45)48/h4-17,22,24-25,36-37,47,52H,18-21,23H2,1-3H3/t25-,36+,37-,40+/m0/s1. The van der Waals surface area contributed by atoms with Gasteiger partial charge in [0.2, 0.25) is 0 Å². The van der Waals surface area contributed by atoms with E-state index in [1.54, 1.807) is 44.9 Å². The Morgan fingerprint density at radius 3 is 2.42 bits per heavy atom. The highest BCUT2D eigenvalue weighted by Gasteiger charge is 2.66. The molecule has 0 unspecified atom stereocenters. The first-order chi connectivity index (χ1) is 26.4. The van der Waals surface area contributed by atoms with Crippen LogP contribution < -0.4 is 14.5 Å². The number of aromatic nitrogens is 3. The van der Waals surface area contributed by atoms with Crippen LogP contribution in [0.15, 0.2) is 97.2 Å². The van der Waals surface area contributed by atoms with Crippen LogP contribution in [0.25, 0.3) is 0 Å². The molecule has 3 aliphatic heterocycles. The van der Waals surface area contributed by atoms with E-state index in [0.717, 1.165) is 5.56 Å². The average Bonchev–Trinajstić information content (AvgIpc) is 3.78. The van der Waals surface area contributed by atoms with Crippen LogP contribution >= 0.6 is 0 Å². The first-order valence-electron chi connectivity index (χ1n) is 18.2. The van der Waals surface area contributed by atoms with Crippen LogP contribution in [0.4, 0.5) is 22.7 Å². The molecule has 2 amide bonds. The number of benzene rings is 4. The Kier molecular flexibility index (Phi) is 9.12. The summed E-state index contributed by atoms with van der Waals surface area (Å²) < 4.78 is 14.7. The molecular weight excluding hydrogens is 721 g/mol. The van der Waals surface area contributed by atoms with Crippen LogP contribution in [0.1, 0.15) is 40.5 Å². The fourth-order valence-corrected chi connectivity index (χ4v) is 11.1. The number of carbonyl (C=O) groups excluding carboxylic acids is 2. The van der Waals surface area contributed by atoms with E-state index in [-0.39, 0.29) is 30.7 Å². The van der Waals surface area contributed by atoms with Crippen LogP contribution in [-0.4, -0.2) is 62.7 Å². The van der Waals surface area contributed by atoms with Gasteiger partial charge >= 0.3 is 0 Å². The molecule has 0 radical (unpaired) electrons. The van der Waals surface area contributed by atoms with Gasteiger partial charge < -0.3 is 24.3 Å². The second-order valence-electron chi connectivity index (χ2n) is 14.8. The summed E-state index contributed by atoms with van der Waals surface area (Å²) >= 11 is 0. The van der Waals surface area contributed by atoms with Gasteiger partial charge in [0.15, 0.2) is 19.7 Å². The number of ether oxygens (including phenoxy) is 2. The monoisotopic (exact) mass is 760 g/mol. The Labute approximate surface area is 317 Å². The molecule has 0 aliphatic carbocycles. The number of nitro groups is 1. The van der Waals surface area contributed by atoms with Gasteiger partial charge in [-0.3, -0.25) is 29.3 Å². The maximum atomic E-state index is 14.9. The molecule has 282 valence electrons. The van der Waals surface area contributed by atoms with Gasteiger partial charge in [0.25, 0.3) is 17.5 Å². The number of carbonyl (C=O) groups is 2. The molecule has 1 aromatic heterocycles. The normalized spacial score (nSPS) is 21.7. The number of hydrogen-bond donors (Lipinski definition) is 2. The number of aryl methyl sites for hydroxylation is 1. The molecular formula is C40H40N6O8Si. The zero-order valence-electron chi connectivity index (χ0n) is 30.5. The Balaban J connectivity index is 1.12. The molecule has 0 bridgehead atoms. The minimum absolute atomic E-state index is 0.0533. The zero-order valence-corrected chi connectivity index (χ0v) is 31.5. The van der Waals surface area contributed by atoms with Crippen molar-refractivity contribution in [2.24, 2.45) is 5.92 Å². The van der Waals surface area contributed by atoms with Crippen molar-refractivity contribution in [3.8, 4) is 11.5 Å². The quantitative estimate of drug-likeness (QED) is 0.0943. The molecule has 55 heavy (non-hydrogen) atoms. The van der Waals surface area contributed by atoms with Gasteiger partial charge in [-0.25, -0.2) is 0 Å². The predicted octanol–water partition coefficient (Wildman–Crippen LogP) is 6.24. The van der Waals surface area contributed by atoms with Crippen molar-refractivity contribution in [2.75, 3.05) is 16.4 Å². The van der Waals surface area contributed by atoms with Crippen molar-refractivity contribution in [3.63, 3.8) is 0 Å². The summed E-state index contributed by atoms with van der Waals surface area (Å²) in [5.74, 6) is -0.133. The molecule has 0 saturated carbocycles. The molecule has 8 rings (SSSR count). The van der Waals surface area contributed by atoms with Crippen molar-refractivity contribution in [2.45, 2.75) is 63.2 Å². The summed E-state index contributed by atoms with van der Waals surface area (Å²) in [5, 5.41) is 29.6. The summed E-state index contributed by atoms with van der Waals surface area (Å²) in [7, 11) is -3.00. The summed E-state index contributed by atoms with van der Waals surface area (Å²) in [6, 6.07) is 26.2. The maximum Gasteiger partial charge on any atom is 0.269 e. The van der Waals surface area contributed by atoms with Crippen molar-refractivity contribution in [1.29, 1.82) is 0 Å². The summed E-state index contributed by atoms with van der Waals surface area (Å²) in [6.45, 7) is 6.00. The third-order valence-electron chi connectivity index (χ3n) is 11.0. The highest BCUT2D eigenvalue weighted by molar-refractivity contribution is 6.71. The van der Waals surface area contributed by atoms with Gasteiger partial charge in [0.1, 0.15) is 5.75 Å². The molecule has 2 N–H and O–H groups in total. The number of nitro benzene ring substituents is 1. The summed E-state index contributed by atoms with van der Waals surface area (Å²) in [5.41, 5.74) is 1.77. The van der Waals surface area contributed by atoms with Crippen LogP contribution in [0, 0.1) is 16.0 Å². The second-order valence-corrected chi connectivity index (χ2v) is 18.8. The van der Waals surface area contributed by atoms with Crippen LogP contribution in [0.5, 0.6) is 11.5 Å². The number of non-ortho nitro benzene ring substituents is 1. The lowest BCUT2D eigenvalue weighted by molar-refractivity contribution is -0.385. The average molecular weight is 761 g/mol. The number of rotatable bonds is 10. The third-order valence-corrected chi connectivity index (χ3v) is 13.5. The van der Waals surface area contributed by atoms with Crippen molar-refractivity contribution >= 4 is 42.9 Å². The minimum Gasteiger partial charge on any atom is -0.454 e. The largest absolute Gasteiger partial charge is 0.454 e. The highest BCUT2D eigenvalue weighted by Crippen LogP contribution is 2.60. The number of aliphatic hydroxyl groups excluding tert-OH is 1. The van der Waals surface area contributed by atoms with E-state index in [1.807, 2.05) is 74.6 Å². The minimum atomic E-state index is -3.00. The van der Waals surface area contributed by atoms with Gasteiger partial charge in [-0.1, -0.05) is 48.5 Å². The number of amides is 2. The number of aliphatic hydroxyl groups is 1. The van der Waals surface area contributed by atoms with Crippen molar-refractivity contribution < 1.29 is 33.9 Å². The van der Waals surface area contributed by atoms with Gasteiger partial charge in [-0.2, -0.15) is 0 Å². The fourth-order valence-electron chi connectivity index (χ4n) is 8.54. The number of nitrogens with zero attached hydrogens (tertiary/aromatic N) is 6. The maximum absolute atomic E-state index is 14.9. The SMILES string of the molecule is C[C@H]1[C@H]([Si](C)(C)O)[C@@H](CCn2cc(CCO)nn2)O[C@]12C(=O)N(Cc1ccc(N3C(=O)c4ccccc4Oc4ccccc43)cc1)c1ccc([N+](=O)[O-])cc12.